The minimum Gasteiger partial charge on any atom is -0.323 e. The van der Waals surface area contributed by atoms with Crippen molar-refractivity contribution >= 4 is 18.4 Å². The summed E-state index contributed by atoms with van der Waals surface area (Å²) in [4.78, 5) is 18.0. The molecule has 0 aromatic heterocycles. The van der Waals surface area contributed by atoms with Crippen molar-refractivity contribution < 1.29 is 14.4 Å². The lowest BCUT2D eigenvalue weighted by atomic mass is 10.1. The van der Waals surface area contributed by atoms with Gasteiger partial charge in [0.05, 0.1) is 0 Å². The van der Waals surface area contributed by atoms with Gasteiger partial charge in [0, 0.05) is 0 Å². The van der Waals surface area contributed by atoms with Crippen LogP contribution in [0.5, 0.6) is 0 Å². The van der Waals surface area contributed by atoms with Crippen molar-refractivity contribution in [2.75, 3.05) is 0 Å². The maximum atomic E-state index is 11.0. The van der Waals surface area contributed by atoms with E-state index in [9.17, 15) is 4.57 Å². The quantitative estimate of drug-likeness (QED) is 0.697. The maximum absolute atomic E-state index is 11.0. The van der Waals surface area contributed by atoms with Crippen molar-refractivity contribution in [1.82, 2.24) is 0 Å². The summed E-state index contributed by atoms with van der Waals surface area (Å²) in [7, 11) is -4.28. The molecule has 0 heterocycles. The van der Waals surface area contributed by atoms with Crippen LogP contribution < -0.4 is 5.73 Å². The van der Waals surface area contributed by atoms with Crippen LogP contribution in [0.1, 0.15) is 11.3 Å². The van der Waals surface area contributed by atoms with Crippen molar-refractivity contribution in [3.63, 3.8) is 0 Å². The summed E-state index contributed by atoms with van der Waals surface area (Å²) in [5, 5.41) is 1.94. The molecule has 0 saturated carbocycles. The topological polar surface area (TPSA) is 83.6 Å². The summed E-state index contributed by atoms with van der Waals surface area (Å²) in [5.74, 6) is -1.25. The number of hydrogen-bond donors (Lipinski definition) is 3. The van der Waals surface area contributed by atoms with Gasteiger partial charge in [-0.25, -0.2) is 0 Å². The zero-order valence-electron chi connectivity index (χ0n) is 8.45. The number of nitrogens with two attached hydrogens (primary N) is 1. The molecule has 0 fully saturated rings. The van der Waals surface area contributed by atoms with Crippen molar-refractivity contribution in [2.24, 2.45) is 5.73 Å². The van der Waals surface area contributed by atoms with Gasteiger partial charge in [0.15, 0.2) is 0 Å². The largest absolute Gasteiger partial charge is 0.346 e. The van der Waals surface area contributed by atoms with Gasteiger partial charge in [0.1, 0.15) is 5.78 Å². The molecule has 4 N–H and O–H groups in total. The maximum Gasteiger partial charge on any atom is 0.346 e. The van der Waals surface area contributed by atoms with Crippen LogP contribution in [-0.4, -0.2) is 9.79 Å². The molecule has 0 unspecified atom stereocenters. The standard InChI is InChI=1S/C11H12NO3P/c12-11(16(13,14)15)10-6-5-8-3-1-2-4-9(8)7-10/h1-7,11H,12H2,(H2,13,14,15)/t11-/m1/s1. The lowest BCUT2D eigenvalue weighted by Gasteiger charge is -2.14. The van der Waals surface area contributed by atoms with Crippen molar-refractivity contribution in [2.45, 2.75) is 5.78 Å². The molecule has 2 aromatic rings. The van der Waals surface area contributed by atoms with E-state index >= 15 is 0 Å². The number of rotatable bonds is 2. The van der Waals surface area contributed by atoms with E-state index in [0.29, 0.717) is 5.56 Å². The highest BCUT2D eigenvalue weighted by molar-refractivity contribution is 7.52. The normalized spacial score (nSPS) is 13.9. The van der Waals surface area contributed by atoms with E-state index in [0.717, 1.165) is 10.8 Å². The Bertz CT molecular complexity index is 564. The SMILES string of the molecule is N[C@@H](c1ccc2ccccc2c1)P(=O)(O)O. The van der Waals surface area contributed by atoms with Crippen LogP contribution in [0.3, 0.4) is 0 Å². The molecule has 0 saturated heterocycles. The van der Waals surface area contributed by atoms with Gasteiger partial charge in [-0.2, -0.15) is 0 Å². The van der Waals surface area contributed by atoms with Gasteiger partial charge < -0.3 is 15.5 Å². The fraction of sp³-hybridized carbons (Fsp3) is 0.0909. The van der Waals surface area contributed by atoms with Gasteiger partial charge >= 0.3 is 7.60 Å². The van der Waals surface area contributed by atoms with E-state index in [-0.39, 0.29) is 0 Å². The first-order valence-corrected chi connectivity index (χ1v) is 6.46. The van der Waals surface area contributed by atoms with Crippen LogP contribution in [0.25, 0.3) is 10.8 Å². The minimum absolute atomic E-state index is 0.451. The molecule has 16 heavy (non-hydrogen) atoms. The summed E-state index contributed by atoms with van der Waals surface area (Å²) < 4.78 is 11.0. The fourth-order valence-corrected chi connectivity index (χ4v) is 2.13. The van der Waals surface area contributed by atoms with Gasteiger partial charge in [0.2, 0.25) is 0 Å². The Labute approximate surface area is 92.9 Å². The average molecular weight is 237 g/mol. The highest BCUT2D eigenvalue weighted by Crippen LogP contribution is 2.48. The number of fused-ring (bicyclic) bond motifs is 1. The number of benzene rings is 2. The Morgan fingerprint density at radius 2 is 1.69 bits per heavy atom. The Balaban J connectivity index is 2.51. The summed E-state index contributed by atoms with van der Waals surface area (Å²) in [5.41, 5.74) is 5.95. The second kappa shape index (κ2) is 4.00. The van der Waals surface area contributed by atoms with E-state index in [1.165, 1.54) is 0 Å². The second-order valence-corrected chi connectivity index (χ2v) is 5.38. The third-order valence-corrected chi connectivity index (χ3v) is 3.50. The highest BCUT2D eigenvalue weighted by atomic mass is 31.2. The molecule has 0 aliphatic carbocycles. The van der Waals surface area contributed by atoms with Gasteiger partial charge in [0.25, 0.3) is 0 Å². The van der Waals surface area contributed by atoms with Gasteiger partial charge in [-0.05, 0) is 22.4 Å². The van der Waals surface area contributed by atoms with E-state index in [1.54, 1.807) is 18.2 Å². The minimum atomic E-state index is -4.28. The Morgan fingerprint density at radius 3 is 2.31 bits per heavy atom. The third kappa shape index (κ3) is 2.15. The van der Waals surface area contributed by atoms with Crippen LogP contribution in [0.4, 0.5) is 0 Å². The lowest BCUT2D eigenvalue weighted by Crippen LogP contribution is -2.10. The molecular weight excluding hydrogens is 225 g/mol. The summed E-state index contributed by atoms with van der Waals surface area (Å²) in [6, 6.07) is 12.7. The lowest BCUT2D eigenvalue weighted by molar-refractivity contribution is 0.359. The smallest absolute Gasteiger partial charge is 0.323 e. The van der Waals surface area contributed by atoms with Gasteiger partial charge in [-0.15, -0.1) is 0 Å². The molecule has 84 valence electrons. The van der Waals surface area contributed by atoms with E-state index in [1.807, 2.05) is 24.3 Å². The van der Waals surface area contributed by atoms with E-state index < -0.39 is 13.4 Å². The molecule has 2 rings (SSSR count). The van der Waals surface area contributed by atoms with Gasteiger partial charge in [-0.3, -0.25) is 4.57 Å². The van der Waals surface area contributed by atoms with Crippen LogP contribution >= 0.6 is 7.60 Å². The Kier molecular flexibility index (Phi) is 2.82. The fourth-order valence-electron chi connectivity index (χ4n) is 1.59. The second-order valence-electron chi connectivity index (χ2n) is 3.64. The molecule has 0 aliphatic heterocycles. The molecule has 2 aromatic carbocycles. The van der Waals surface area contributed by atoms with Crippen molar-refractivity contribution in [1.29, 1.82) is 0 Å². The first-order chi connectivity index (χ1) is 7.48. The first kappa shape index (κ1) is 11.3. The van der Waals surface area contributed by atoms with Crippen LogP contribution in [-0.2, 0) is 4.57 Å². The van der Waals surface area contributed by atoms with Crippen LogP contribution in [0.15, 0.2) is 42.5 Å². The van der Waals surface area contributed by atoms with Crippen LogP contribution in [0.2, 0.25) is 0 Å². The predicted octanol–water partition coefficient (Wildman–Crippen LogP) is 1.97. The molecular formula is C11H12NO3P. The summed E-state index contributed by atoms with van der Waals surface area (Å²) >= 11 is 0. The van der Waals surface area contributed by atoms with Crippen molar-refractivity contribution in [3.8, 4) is 0 Å². The molecule has 0 radical (unpaired) electrons. The zero-order valence-corrected chi connectivity index (χ0v) is 9.34. The first-order valence-electron chi connectivity index (χ1n) is 4.78. The average Bonchev–Trinajstić information content (AvgIpc) is 2.26. The number of hydrogen-bond acceptors (Lipinski definition) is 2. The van der Waals surface area contributed by atoms with Gasteiger partial charge in [-0.1, -0.05) is 36.4 Å². The zero-order chi connectivity index (χ0) is 11.8. The van der Waals surface area contributed by atoms with Crippen molar-refractivity contribution in [3.05, 3.63) is 48.0 Å². The van der Waals surface area contributed by atoms with E-state index in [4.69, 9.17) is 15.5 Å². The molecule has 4 nitrogen and oxygen atoms in total. The monoisotopic (exact) mass is 237 g/mol. The van der Waals surface area contributed by atoms with Crippen LogP contribution in [0, 0.1) is 0 Å². The summed E-state index contributed by atoms with van der Waals surface area (Å²) in [6.07, 6.45) is 0. The molecule has 0 spiro atoms. The molecule has 5 heteroatoms. The molecule has 1 atom stereocenters. The highest BCUT2D eigenvalue weighted by Gasteiger charge is 2.26. The Morgan fingerprint density at radius 1 is 1.06 bits per heavy atom. The predicted molar refractivity (Wildman–Crippen MR) is 62.9 cm³/mol. The summed E-state index contributed by atoms with van der Waals surface area (Å²) in [6.45, 7) is 0. The molecule has 0 aliphatic rings. The molecule has 0 bridgehead atoms. The third-order valence-electron chi connectivity index (χ3n) is 2.48. The Hall–Kier alpha value is -1.19. The van der Waals surface area contributed by atoms with E-state index in [2.05, 4.69) is 0 Å². The molecule has 0 amide bonds.